The quantitative estimate of drug-likeness (QED) is 0.649. The third kappa shape index (κ3) is 4.54. The van der Waals surface area contributed by atoms with Crippen molar-refractivity contribution in [3.8, 4) is 0 Å². The topological polar surface area (TPSA) is 72.6 Å². The summed E-state index contributed by atoms with van der Waals surface area (Å²) in [7, 11) is 2.92. The number of amides is 2. The molecule has 0 aromatic rings. The maximum Gasteiger partial charge on any atom is 0.409 e. The molecule has 0 unspecified atom stereocenters. The summed E-state index contributed by atoms with van der Waals surface area (Å²) in [4.78, 5) is 22.5. The van der Waals surface area contributed by atoms with Gasteiger partial charge in [0.25, 0.3) is 0 Å². The van der Waals surface area contributed by atoms with Crippen LogP contribution < -0.4 is 5.73 Å². The van der Waals surface area contributed by atoms with Gasteiger partial charge in [0.2, 0.25) is 5.91 Å². The second kappa shape index (κ2) is 5.40. The van der Waals surface area contributed by atoms with E-state index in [0.717, 1.165) is 0 Å². The molecule has 5 heteroatoms. The Morgan fingerprint density at radius 1 is 1.50 bits per heavy atom. The Kier molecular flexibility index (Phi) is 4.83. The van der Waals surface area contributed by atoms with E-state index in [2.05, 4.69) is 4.74 Å². The molecule has 2 N–H and O–H groups in total. The second-order valence-electron chi connectivity index (χ2n) is 2.46. The van der Waals surface area contributed by atoms with Gasteiger partial charge in [-0.3, -0.25) is 4.79 Å². The summed E-state index contributed by atoms with van der Waals surface area (Å²) >= 11 is 0. The van der Waals surface area contributed by atoms with Crippen LogP contribution in [0.4, 0.5) is 4.79 Å². The lowest BCUT2D eigenvalue weighted by molar-refractivity contribution is -0.118. The molecule has 0 aliphatic rings. The van der Waals surface area contributed by atoms with Crippen molar-refractivity contribution in [3.05, 3.63) is 0 Å². The maximum absolute atomic E-state index is 10.8. The van der Waals surface area contributed by atoms with Gasteiger partial charge >= 0.3 is 6.09 Å². The number of rotatable bonds is 4. The molecule has 0 saturated carbocycles. The van der Waals surface area contributed by atoms with E-state index in [-0.39, 0.29) is 5.91 Å². The SMILES string of the molecule is COC(=O)N(C)CCCC(N)=O. The molecule has 0 heterocycles. The first kappa shape index (κ1) is 10.7. The van der Waals surface area contributed by atoms with Crippen molar-refractivity contribution < 1.29 is 14.3 Å². The van der Waals surface area contributed by atoms with Crippen LogP contribution in [0, 0.1) is 0 Å². The van der Waals surface area contributed by atoms with E-state index < -0.39 is 6.09 Å². The predicted octanol–water partition coefficient (Wildman–Crippen LogP) is -0.0499. The first-order valence-corrected chi connectivity index (χ1v) is 3.65. The number of carbonyl (C=O) groups excluding carboxylic acids is 2. The first-order valence-electron chi connectivity index (χ1n) is 3.65. The average Bonchev–Trinajstić information content (AvgIpc) is 2.02. The van der Waals surface area contributed by atoms with Crippen LogP contribution in [-0.4, -0.2) is 37.6 Å². The van der Waals surface area contributed by atoms with E-state index >= 15 is 0 Å². The van der Waals surface area contributed by atoms with Gasteiger partial charge in [0.05, 0.1) is 7.11 Å². The fourth-order valence-corrected chi connectivity index (χ4v) is 0.738. The van der Waals surface area contributed by atoms with Crippen LogP contribution in [0.25, 0.3) is 0 Å². The highest BCUT2D eigenvalue weighted by atomic mass is 16.5. The zero-order valence-corrected chi connectivity index (χ0v) is 7.37. The Hall–Kier alpha value is -1.26. The van der Waals surface area contributed by atoms with Crippen molar-refractivity contribution in [1.82, 2.24) is 4.90 Å². The van der Waals surface area contributed by atoms with Crippen molar-refractivity contribution >= 4 is 12.0 Å². The Balaban J connectivity index is 3.50. The van der Waals surface area contributed by atoms with Crippen molar-refractivity contribution in [1.29, 1.82) is 0 Å². The van der Waals surface area contributed by atoms with Crippen molar-refractivity contribution in [2.45, 2.75) is 12.8 Å². The van der Waals surface area contributed by atoms with Gasteiger partial charge in [-0.15, -0.1) is 0 Å². The predicted molar refractivity (Wildman–Crippen MR) is 43.5 cm³/mol. The highest BCUT2D eigenvalue weighted by Crippen LogP contribution is 1.93. The molecular formula is C7H14N2O3. The summed E-state index contributed by atoms with van der Waals surface area (Å²) in [6.45, 7) is 0.482. The molecule has 0 aromatic heterocycles. The third-order valence-electron chi connectivity index (χ3n) is 1.40. The molecule has 12 heavy (non-hydrogen) atoms. The minimum Gasteiger partial charge on any atom is -0.453 e. The third-order valence-corrected chi connectivity index (χ3v) is 1.40. The highest BCUT2D eigenvalue weighted by molar-refractivity contribution is 5.73. The van der Waals surface area contributed by atoms with Crippen molar-refractivity contribution in [2.24, 2.45) is 5.73 Å². The molecule has 0 rings (SSSR count). The smallest absolute Gasteiger partial charge is 0.409 e. The van der Waals surface area contributed by atoms with E-state index in [1.807, 2.05) is 0 Å². The summed E-state index contributed by atoms with van der Waals surface area (Å²) in [5, 5.41) is 0. The van der Waals surface area contributed by atoms with Crippen molar-refractivity contribution in [3.63, 3.8) is 0 Å². The number of primary amides is 1. The number of ether oxygens (including phenoxy) is 1. The number of carbonyl (C=O) groups is 2. The molecule has 0 aliphatic heterocycles. The van der Waals surface area contributed by atoms with Crippen LogP contribution in [0.3, 0.4) is 0 Å². The van der Waals surface area contributed by atoms with Crippen LogP contribution in [0.5, 0.6) is 0 Å². The lowest BCUT2D eigenvalue weighted by atomic mass is 10.3. The molecule has 0 aromatic carbocycles. The van der Waals surface area contributed by atoms with Gasteiger partial charge in [-0.25, -0.2) is 4.79 Å². The van der Waals surface area contributed by atoms with Gasteiger partial charge in [0, 0.05) is 20.0 Å². The monoisotopic (exact) mass is 174 g/mol. The number of hydrogen-bond acceptors (Lipinski definition) is 3. The number of nitrogens with two attached hydrogens (primary N) is 1. The minimum absolute atomic E-state index is 0.293. The van der Waals surface area contributed by atoms with E-state index in [4.69, 9.17) is 5.73 Å². The van der Waals surface area contributed by atoms with Gasteiger partial charge in [0.1, 0.15) is 0 Å². The lowest BCUT2D eigenvalue weighted by Crippen LogP contribution is -2.28. The van der Waals surface area contributed by atoms with Gasteiger partial charge in [0.15, 0.2) is 0 Å². The number of nitrogens with zero attached hydrogens (tertiary/aromatic N) is 1. The molecule has 0 fully saturated rings. The molecule has 70 valence electrons. The minimum atomic E-state index is -0.403. The summed E-state index contributed by atoms with van der Waals surface area (Å²) in [5.74, 6) is -0.353. The molecular weight excluding hydrogens is 160 g/mol. The highest BCUT2D eigenvalue weighted by Gasteiger charge is 2.06. The van der Waals surface area contributed by atoms with Crippen LogP contribution in [0.15, 0.2) is 0 Å². The molecule has 0 atom stereocenters. The van der Waals surface area contributed by atoms with E-state index in [9.17, 15) is 9.59 Å². The average molecular weight is 174 g/mol. The normalized spacial score (nSPS) is 9.17. The van der Waals surface area contributed by atoms with E-state index in [1.54, 1.807) is 7.05 Å². The number of hydrogen-bond donors (Lipinski definition) is 1. The van der Waals surface area contributed by atoms with Gasteiger partial charge in [-0.05, 0) is 6.42 Å². The summed E-state index contributed by atoms with van der Waals surface area (Å²) in [6, 6.07) is 0. The molecule has 0 spiro atoms. The standard InChI is InChI=1S/C7H14N2O3/c1-9(7(11)12-2)5-3-4-6(8)10/h3-5H2,1-2H3,(H2,8,10). The van der Waals surface area contributed by atoms with Crippen LogP contribution in [0.2, 0.25) is 0 Å². The Morgan fingerprint density at radius 3 is 2.50 bits per heavy atom. The van der Waals surface area contributed by atoms with Crippen LogP contribution in [0.1, 0.15) is 12.8 Å². The number of methoxy groups -OCH3 is 1. The second-order valence-corrected chi connectivity index (χ2v) is 2.46. The summed E-state index contributed by atoms with van der Waals surface area (Å²) < 4.78 is 4.44. The maximum atomic E-state index is 10.8. The Morgan fingerprint density at radius 2 is 2.08 bits per heavy atom. The summed E-state index contributed by atoms with van der Waals surface area (Å²) in [6.07, 6.45) is 0.460. The van der Waals surface area contributed by atoms with Crippen LogP contribution in [-0.2, 0) is 9.53 Å². The Labute approximate surface area is 71.5 Å². The summed E-state index contributed by atoms with van der Waals surface area (Å²) in [5.41, 5.74) is 4.91. The largest absolute Gasteiger partial charge is 0.453 e. The molecule has 0 radical (unpaired) electrons. The van der Waals surface area contributed by atoms with Gasteiger partial charge in [-0.1, -0.05) is 0 Å². The van der Waals surface area contributed by atoms with E-state index in [0.29, 0.717) is 19.4 Å². The van der Waals surface area contributed by atoms with Crippen LogP contribution >= 0.6 is 0 Å². The molecule has 0 saturated heterocycles. The van der Waals surface area contributed by atoms with Gasteiger partial charge in [-0.2, -0.15) is 0 Å². The molecule has 0 bridgehead atoms. The first-order chi connectivity index (χ1) is 5.57. The lowest BCUT2D eigenvalue weighted by Gasteiger charge is -2.14. The van der Waals surface area contributed by atoms with Crippen molar-refractivity contribution in [2.75, 3.05) is 20.7 Å². The fraction of sp³-hybridized carbons (Fsp3) is 0.714. The molecule has 2 amide bonds. The van der Waals surface area contributed by atoms with E-state index in [1.165, 1.54) is 12.0 Å². The molecule has 0 aliphatic carbocycles. The van der Waals surface area contributed by atoms with Gasteiger partial charge < -0.3 is 15.4 Å². The zero-order chi connectivity index (χ0) is 9.56. The zero-order valence-electron chi connectivity index (χ0n) is 7.37. The fourth-order valence-electron chi connectivity index (χ4n) is 0.738. The Bertz CT molecular complexity index is 170. The molecule has 5 nitrogen and oxygen atoms in total.